The summed E-state index contributed by atoms with van der Waals surface area (Å²) in [5.41, 5.74) is 1.58. The van der Waals surface area contributed by atoms with E-state index in [4.69, 9.17) is 11.6 Å². The average Bonchev–Trinajstić information content (AvgIpc) is 2.66. The number of benzene rings is 1. The molecule has 0 amide bonds. The number of fused-ring (bicyclic) bond motifs is 1. The molecule has 0 radical (unpaired) electrons. The molecule has 1 heterocycles. The largest absolute Gasteiger partial charge is 0.298 e. The van der Waals surface area contributed by atoms with Crippen molar-refractivity contribution in [1.29, 1.82) is 0 Å². The molecule has 1 aromatic carbocycles. The molecule has 0 N–H and O–H groups in total. The van der Waals surface area contributed by atoms with Crippen molar-refractivity contribution in [3.05, 3.63) is 33.1 Å². The Hall–Kier alpha value is -0.380. The van der Waals surface area contributed by atoms with E-state index in [2.05, 4.69) is 15.9 Å². The van der Waals surface area contributed by atoms with Crippen molar-refractivity contribution in [2.24, 2.45) is 0 Å². The fraction of sp³-hybridized carbons (Fsp3) is 0.100. The van der Waals surface area contributed by atoms with E-state index in [1.54, 1.807) is 11.3 Å². The molecule has 0 bridgehead atoms. The van der Waals surface area contributed by atoms with Gasteiger partial charge in [-0.25, -0.2) is 0 Å². The number of carbonyl (C=O) groups excluding carboxylic acids is 1. The lowest BCUT2D eigenvalue weighted by Crippen LogP contribution is -1.90. The Balaban J connectivity index is 2.88. The number of halogens is 2. The first-order chi connectivity index (χ1) is 6.77. The summed E-state index contributed by atoms with van der Waals surface area (Å²) in [6.07, 6.45) is 0.847. The van der Waals surface area contributed by atoms with E-state index < -0.39 is 0 Å². The third-order valence-electron chi connectivity index (χ3n) is 2.10. The van der Waals surface area contributed by atoms with Gasteiger partial charge >= 0.3 is 0 Å². The molecule has 14 heavy (non-hydrogen) atoms. The fourth-order valence-corrected chi connectivity index (χ4v) is 3.30. The van der Waals surface area contributed by atoms with Crippen LogP contribution in [0.25, 0.3) is 10.1 Å². The van der Waals surface area contributed by atoms with E-state index in [9.17, 15) is 4.79 Å². The molecule has 2 aromatic rings. The van der Waals surface area contributed by atoms with Gasteiger partial charge < -0.3 is 0 Å². The van der Waals surface area contributed by atoms with Crippen molar-refractivity contribution in [3.63, 3.8) is 0 Å². The standard InChI is InChI=1S/C10H6BrClOS/c11-9-3-6(5-13)8(4-12)7-1-2-14-10(7)9/h1-3,5H,4H2. The van der Waals surface area contributed by atoms with E-state index in [1.165, 1.54) is 0 Å². The molecule has 4 heteroatoms. The molecular formula is C10H6BrClOS. The number of alkyl halides is 1. The van der Waals surface area contributed by atoms with Crippen LogP contribution in [0.1, 0.15) is 15.9 Å². The van der Waals surface area contributed by atoms with Crippen molar-refractivity contribution in [3.8, 4) is 0 Å². The lowest BCUT2D eigenvalue weighted by Gasteiger charge is -2.04. The van der Waals surface area contributed by atoms with Gasteiger partial charge in [0, 0.05) is 20.6 Å². The molecule has 72 valence electrons. The Labute approximate surface area is 98.8 Å². The molecule has 0 fully saturated rings. The molecule has 0 saturated carbocycles. The average molecular weight is 290 g/mol. The van der Waals surface area contributed by atoms with Gasteiger partial charge in [0.05, 0.1) is 0 Å². The summed E-state index contributed by atoms with van der Waals surface area (Å²) in [6, 6.07) is 3.82. The number of aldehydes is 1. The molecular weight excluding hydrogens is 284 g/mol. The van der Waals surface area contributed by atoms with Crippen LogP contribution in [-0.4, -0.2) is 6.29 Å². The van der Waals surface area contributed by atoms with Crippen LogP contribution in [0.15, 0.2) is 22.0 Å². The number of rotatable bonds is 2. The highest BCUT2D eigenvalue weighted by Crippen LogP contribution is 2.34. The molecule has 0 aliphatic rings. The normalized spacial score (nSPS) is 10.7. The molecule has 0 atom stereocenters. The summed E-state index contributed by atoms with van der Waals surface area (Å²) >= 11 is 10.9. The van der Waals surface area contributed by atoms with E-state index in [-0.39, 0.29) is 0 Å². The number of hydrogen-bond acceptors (Lipinski definition) is 2. The Bertz CT molecular complexity index is 492. The SMILES string of the molecule is O=Cc1cc(Br)c2sccc2c1CCl. The third-order valence-corrected chi connectivity index (χ3v) is 4.20. The highest BCUT2D eigenvalue weighted by Gasteiger charge is 2.10. The third kappa shape index (κ3) is 1.49. The minimum Gasteiger partial charge on any atom is -0.298 e. The Morgan fingerprint density at radius 1 is 1.57 bits per heavy atom. The van der Waals surface area contributed by atoms with Crippen molar-refractivity contribution in [2.75, 3.05) is 0 Å². The van der Waals surface area contributed by atoms with Crippen molar-refractivity contribution >= 4 is 55.2 Å². The Morgan fingerprint density at radius 2 is 2.36 bits per heavy atom. The van der Waals surface area contributed by atoms with Crippen molar-refractivity contribution < 1.29 is 4.79 Å². The predicted octanol–water partition coefficient (Wildman–Crippen LogP) is 4.22. The Kier molecular flexibility index (Phi) is 2.91. The fourth-order valence-electron chi connectivity index (χ4n) is 1.43. The zero-order valence-electron chi connectivity index (χ0n) is 7.09. The first-order valence-electron chi connectivity index (χ1n) is 3.97. The lowest BCUT2D eigenvalue weighted by molar-refractivity contribution is 0.112. The van der Waals surface area contributed by atoms with E-state index in [1.807, 2.05) is 17.5 Å². The topological polar surface area (TPSA) is 17.1 Å². The second kappa shape index (κ2) is 4.01. The van der Waals surface area contributed by atoms with Crippen LogP contribution in [0.2, 0.25) is 0 Å². The Morgan fingerprint density at radius 3 is 3.00 bits per heavy atom. The van der Waals surface area contributed by atoms with Crippen LogP contribution in [-0.2, 0) is 5.88 Å². The quantitative estimate of drug-likeness (QED) is 0.598. The molecule has 0 saturated heterocycles. The molecule has 0 aliphatic heterocycles. The minimum absolute atomic E-state index is 0.370. The second-order valence-corrected chi connectivity index (χ2v) is 4.88. The summed E-state index contributed by atoms with van der Waals surface area (Å²) in [5, 5.41) is 3.07. The summed E-state index contributed by atoms with van der Waals surface area (Å²) in [5.74, 6) is 0.370. The van der Waals surface area contributed by atoms with Crippen LogP contribution >= 0.6 is 38.9 Å². The first kappa shape index (κ1) is 10.1. The monoisotopic (exact) mass is 288 g/mol. The summed E-state index contributed by atoms with van der Waals surface area (Å²) in [6.45, 7) is 0. The van der Waals surface area contributed by atoms with Crippen LogP contribution in [0.3, 0.4) is 0 Å². The van der Waals surface area contributed by atoms with Crippen LogP contribution in [0.5, 0.6) is 0 Å². The van der Waals surface area contributed by atoms with Gasteiger partial charge in [0.2, 0.25) is 0 Å². The zero-order valence-corrected chi connectivity index (χ0v) is 10.2. The molecule has 1 nitrogen and oxygen atoms in total. The molecule has 0 unspecified atom stereocenters. The second-order valence-electron chi connectivity index (χ2n) is 2.84. The maximum absolute atomic E-state index is 10.8. The predicted molar refractivity (Wildman–Crippen MR) is 64.5 cm³/mol. The van der Waals surface area contributed by atoms with Crippen LogP contribution < -0.4 is 0 Å². The van der Waals surface area contributed by atoms with Gasteiger partial charge in [0.1, 0.15) is 6.29 Å². The maximum atomic E-state index is 10.8. The highest BCUT2D eigenvalue weighted by atomic mass is 79.9. The van der Waals surface area contributed by atoms with E-state index >= 15 is 0 Å². The minimum atomic E-state index is 0.370. The van der Waals surface area contributed by atoms with Gasteiger partial charge in [0.15, 0.2) is 0 Å². The van der Waals surface area contributed by atoms with Crippen molar-refractivity contribution in [1.82, 2.24) is 0 Å². The summed E-state index contributed by atoms with van der Waals surface area (Å²) in [4.78, 5) is 10.8. The van der Waals surface area contributed by atoms with E-state index in [0.29, 0.717) is 11.4 Å². The first-order valence-corrected chi connectivity index (χ1v) is 6.18. The highest BCUT2D eigenvalue weighted by molar-refractivity contribution is 9.10. The van der Waals surface area contributed by atoms with Gasteiger partial charge in [-0.2, -0.15) is 0 Å². The van der Waals surface area contributed by atoms with Crippen molar-refractivity contribution in [2.45, 2.75) is 5.88 Å². The number of hydrogen-bond donors (Lipinski definition) is 0. The zero-order chi connectivity index (χ0) is 10.1. The molecule has 0 spiro atoms. The van der Waals surface area contributed by atoms with Gasteiger partial charge in [-0.3, -0.25) is 4.79 Å². The maximum Gasteiger partial charge on any atom is 0.150 e. The van der Waals surface area contributed by atoms with Gasteiger partial charge in [-0.1, -0.05) is 0 Å². The van der Waals surface area contributed by atoms with Crippen LogP contribution in [0.4, 0.5) is 0 Å². The van der Waals surface area contributed by atoms with Gasteiger partial charge in [-0.15, -0.1) is 22.9 Å². The number of carbonyl (C=O) groups is 1. The van der Waals surface area contributed by atoms with Crippen LogP contribution in [0, 0.1) is 0 Å². The summed E-state index contributed by atoms with van der Waals surface area (Å²) in [7, 11) is 0. The smallest absolute Gasteiger partial charge is 0.150 e. The lowest BCUT2D eigenvalue weighted by atomic mass is 10.1. The van der Waals surface area contributed by atoms with E-state index in [0.717, 1.165) is 26.4 Å². The van der Waals surface area contributed by atoms with Gasteiger partial charge in [0.25, 0.3) is 0 Å². The number of thiophene rings is 1. The van der Waals surface area contributed by atoms with Gasteiger partial charge in [-0.05, 0) is 44.4 Å². The molecule has 0 aliphatic carbocycles. The summed E-state index contributed by atoms with van der Waals surface area (Å²) < 4.78 is 2.10. The molecule has 1 aromatic heterocycles. The molecule has 2 rings (SSSR count).